The molecular weight excluding hydrogens is 317 g/mol. The van der Waals surface area contributed by atoms with Crippen LogP contribution in [0.15, 0.2) is 18.3 Å². The van der Waals surface area contributed by atoms with Crippen LogP contribution in [0.4, 0.5) is 15.9 Å². The van der Waals surface area contributed by atoms with Gasteiger partial charge in [0.05, 0.1) is 11.5 Å². The standard InChI is InChI=1S/C15H18FN5O3/c1-10-13(21(22)23)15(19(2)18-10)20-8-4-5-11(9-20)24-14-12(16)6-3-7-17-14/h3,6-7,11H,4-5,8-9H2,1-2H3. The molecule has 2 aromatic heterocycles. The van der Waals surface area contributed by atoms with E-state index in [1.807, 2.05) is 4.90 Å². The molecule has 0 saturated carbocycles. The van der Waals surface area contributed by atoms with E-state index in [1.165, 1.54) is 23.0 Å². The summed E-state index contributed by atoms with van der Waals surface area (Å²) in [6.07, 6.45) is 2.68. The monoisotopic (exact) mass is 335 g/mol. The van der Waals surface area contributed by atoms with E-state index in [4.69, 9.17) is 4.74 Å². The second-order valence-electron chi connectivity index (χ2n) is 5.76. The van der Waals surface area contributed by atoms with Crippen LogP contribution in [0.3, 0.4) is 0 Å². The Morgan fingerprint density at radius 2 is 2.29 bits per heavy atom. The highest BCUT2D eigenvalue weighted by Crippen LogP contribution is 2.33. The average Bonchev–Trinajstić information content (AvgIpc) is 2.84. The lowest BCUT2D eigenvalue weighted by Gasteiger charge is -2.33. The molecule has 1 saturated heterocycles. The quantitative estimate of drug-likeness (QED) is 0.629. The van der Waals surface area contributed by atoms with Gasteiger partial charge in [-0.05, 0) is 31.9 Å². The summed E-state index contributed by atoms with van der Waals surface area (Å²) in [5.74, 6) is -0.107. The van der Waals surface area contributed by atoms with Crippen molar-refractivity contribution in [3.63, 3.8) is 0 Å². The van der Waals surface area contributed by atoms with Gasteiger partial charge in [-0.2, -0.15) is 5.10 Å². The smallest absolute Gasteiger partial charge is 0.333 e. The largest absolute Gasteiger partial charge is 0.470 e. The minimum atomic E-state index is -0.517. The highest BCUT2D eigenvalue weighted by molar-refractivity contribution is 5.61. The predicted octanol–water partition coefficient (Wildman–Crippen LogP) is 2.22. The molecule has 1 aliphatic rings. The Kier molecular flexibility index (Phi) is 4.32. The lowest BCUT2D eigenvalue weighted by atomic mass is 10.1. The van der Waals surface area contributed by atoms with Crippen LogP contribution in [-0.4, -0.2) is 38.9 Å². The van der Waals surface area contributed by atoms with Gasteiger partial charge in [-0.1, -0.05) is 0 Å². The number of hydrogen-bond acceptors (Lipinski definition) is 6. The van der Waals surface area contributed by atoms with Gasteiger partial charge in [0.2, 0.25) is 5.82 Å². The normalized spacial score (nSPS) is 17.8. The van der Waals surface area contributed by atoms with Crippen molar-refractivity contribution in [2.24, 2.45) is 7.05 Å². The van der Waals surface area contributed by atoms with E-state index in [0.29, 0.717) is 24.6 Å². The number of pyridine rings is 1. The topological polar surface area (TPSA) is 86.3 Å². The number of aromatic nitrogens is 3. The van der Waals surface area contributed by atoms with Crippen molar-refractivity contribution in [2.45, 2.75) is 25.9 Å². The molecule has 1 atom stereocenters. The number of rotatable bonds is 4. The van der Waals surface area contributed by atoms with Crippen LogP contribution in [-0.2, 0) is 7.05 Å². The number of nitro groups is 1. The number of ether oxygens (including phenoxy) is 1. The van der Waals surface area contributed by atoms with E-state index in [-0.39, 0.29) is 17.7 Å². The Hall–Kier alpha value is -2.71. The molecule has 3 rings (SSSR count). The molecule has 24 heavy (non-hydrogen) atoms. The number of halogens is 1. The second kappa shape index (κ2) is 6.42. The van der Waals surface area contributed by atoms with Crippen molar-refractivity contribution in [1.29, 1.82) is 0 Å². The van der Waals surface area contributed by atoms with E-state index < -0.39 is 10.7 Å². The number of anilines is 1. The third-order valence-electron chi connectivity index (χ3n) is 4.02. The molecule has 2 aromatic rings. The lowest BCUT2D eigenvalue weighted by Crippen LogP contribution is -2.42. The molecule has 1 unspecified atom stereocenters. The molecule has 0 aromatic carbocycles. The molecule has 0 bridgehead atoms. The Morgan fingerprint density at radius 1 is 1.50 bits per heavy atom. The van der Waals surface area contributed by atoms with Gasteiger partial charge < -0.3 is 9.64 Å². The van der Waals surface area contributed by atoms with Crippen molar-refractivity contribution < 1.29 is 14.1 Å². The van der Waals surface area contributed by atoms with E-state index in [9.17, 15) is 14.5 Å². The van der Waals surface area contributed by atoms with Crippen LogP contribution in [0, 0.1) is 22.9 Å². The Morgan fingerprint density at radius 3 is 3.00 bits per heavy atom. The van der Waals surface area contributed by atoms with E-state index in [1.54, 1.807) is 14.0 Å². The SMILES string of the molecule is Cc1nn(C)c(N2CCCC(Oc3ncccc3F)C2)c1[N+](=O)[O-]. The minimum Gasteiger partial charge on any atom is -0.470 e. The molecule has 128 valence electrons. The van der Waals surface area contributed by atoms with Crippen molar-refractivity contribution >= 4 is 11.5 Å². The first-order valence-electron chi connectivity index (χ1n) is 7.67. The van der Waals surface area contributed by atoms with Gasteiger partial charge in [0.25, 0.3) is 5.88 Å². The zero-order valence-corrected chi connectivity index (χ0v) is 13.5. The van der Waals surface area contributed by atoms with Gasteiger partial charge >= 0.3 is 5.69 Å². The fourth-order valence-corrected chi connectivity index (χ4v) is 3.05. The Bertz CT molecular complexity index is 764. The summed E-state index contributed by atoms with van der Waals surface area (Å²) in [6, 6.07) is 2.79. The van der Waals surface area contributed by atoms with Crippen LogP contribution in [0.25, 0.3) is 0 Å². The first kappa shape index (κ1) is 16.2. The highest BCUT2D eigenvalue weighted by atomic mass is 19.1. The van der Waals surface area contributed by atoms with Crippen LogP contribution >= 0.6 is 0 Å². The summed E-state index contributed by atoms with van der Waals surface area (Å²) in [5.41, 5.74) is 0.374. The van der Waals surface area contributed by atoms with Gasteiger partial charge in [-0.15, -0.1) is 0 Å². The molecule has 1 fully saturated rings. The molecule has 0 aliphatic carbocycles. The van der Waals surface area contributed by atoms with Crippen molar-refractivity contribution in [3.05, 3.63) is 40.0 Å². The summed E-state index contributed by atoms with van der Waals surface area (Å²) >= 11 is 0. The number of hydrogen-bond donors (Lipinski definition) is 0. The summed E-state index contributed by atoms with van der Waals surface area (Å²) in [4.78, 5) is 16.7. The molecule has 0 spiro atoms. The van der Waals surface area contributed by atoms with Crippen LogP contribution < -0.4 is 9.64 Å². The molecule has 9 heteroatoms. The highest BCUT2D eigenvalue weighted by Gasteiger charge is 2.32. The minimum absolute atomic E-state index is 0.00201. The zero-order chi connectivity index (χ0) is 17.3. The summed E-state index contributed by atoms with van der Waals surface area (Å²) in [6.45, 7) is 2.68. The first-order valence-corrected chi connectivity index (χ1v) is 7.67. The summed E-state index contributed by atoms with van der Waals surface area (Å²) < 4.78 is 20.9. The average molecular weight is 335 g/mol. The third kappa shape index (κ3) is 3.01. The molecule has 1 aliphatic heterocycles. The Balaban J connectivity index is 1.82. The van der Waals surface area contributed by atoms with Crippen LogP contribution in [0.5, 0.6) is 5.88 Å². The maximum absolute atomic E-state index is 13.7. The number of piperidine rings is 1. The van der Waals surface area contributed by atoms with Gasteiger partial charge in [-0.3, -0.25) is 10.1 Å². The van der Waals surface area contributed by atoms with Crippen molar-refractivity contribution in [2.75, 3.05) is 18.0 Å². The molecule has 3 heterocycles. The maximum atomic E-state index is 13.7. The van der Waals surface area contributed by atoms with Gasteiger partial charge in [0, 0.05) is 19.8 Å². The van der Waals surface area contributed by atoms with Crippen LogP contribution in [0.2, 0.25) is 0 Å². The van der Waals surface area contributed by atoms with Crippen LogP contribution in [0.1, 0.15) is 18.5 Å². The maximum Gasteiger partial charge on any atom is 0.333 e. The predicted molar refractivity (Wildman–Crippen MR) is 84.7 cm³/mol. The van der Waals surface area contributed by atoms with E-state index >= 15 is 0 Å². The fraction of sp³-hybridized carbons (Fsp3) is 0.467. The number of nitrogens with zero attached hydrogens (tertiary/aromatic N) is 5. The second-order valence-corrected chi connectivity index (χ2v) is 5.76. The fourth-order valence-electron chi connectivity index (χ4n) is 3.05. The molecule has 0 amide bonds. The van der Waals surface area contributed by atoms with Crippen molar-refractivity contribution in [1.82, 2.24) is 14.8 Å². The molecule has 0 radical (unpaired) electrons. The molecule has 0 N–H and O–H groups in total. The Labute approximate surface area is 138 Å². The van der Waals surface area contributed by atoms with Gasteiger partial charge in [0.1, 0.15) is 11.8 Å². The molecular formula is C15H18FN5O3. The molecule has 8 nitrogen and oxygen atoms in total. The first-order chi connectivity index (χ1) is 11.5. The lowest BCUT2D eigenvalue weighted by molar-refractivity contribution is -0.384. The summed E-state index contributed by atoms with van der Waals surface area (Å²) in [7, 11) is 1.68. The zero-order valence-electron chi connectivity index (χ0n) is 13.5. The number of aryl methyl sites for hydroxylation is 2. The van der Waals surface area contributed by atoms with Gasteiger partial charge in [-0.25, -0.2) is 14.1 Å². The van der Waals surface area contributed by atoms with Crippen molar-refractivity contribution in [3.8, 4) is 5.88 Å². The summed E-state index contributed by atoms with van der Waals surface area (Å²) in [5, 5.41) is 15.5. The third-order valence-corrected chi connectivity index (χ3v) is 4.02. The van der Waals surface area contributed by atoms with E-state index in [0.717, 1.165) is 12.8 Å². The van der Waals surface area contributed by atoms with Gasteiger partial charge in [0.15, 0.2) is 5.82 Å². The van der Waals surface area contributed by atoms with E-state index in [2.05, 4.69) is 10.1 Å².